The molecule has 2 amide bonds. The smallest absolute Gasteiger partial charge is 0.419 e. The van der Waals surface area contributed by atoms with E-state index in [2.05, 4.69) is 41.9 Å². The molecule has 22 nitrogen and oxygen atoms in total. The third-order valence-corrected chi connectivity index (χ3v) is 12.0. The second-order valence-electron chi connectivity index (χ2n) is 21.4. The summed E-state index contributed by atoms with van der Waals surface area (Å²) in [4.78, 5) is 74.2. The number of rotatable bonds is 0. The Hall–Kier alpha value is -5.40. The molecule has 3 aliphatic heterocycles. The highest BCUT2D eigenvalue weighted by Gasteiger charge is 2.42. The quantitative estimate of drug-likeness (QED) is 0.0826. The van der Waals surface area contributed by atoms with E-state index in [-0.39, 0.29) is 72.6 Å². The topological polar surface area (TPSA) is 346 Å². The molecule has 6 heterocycles. The average molecular weight is 1010 g/mol. The van der Waals surface area contributed by atoms with Crippen molar-refractivity contribution in [3.63, 3.8) is 0 Å². The molecule has 0 aliphatic carbocycles. The number of ether oxygens (including phenoxy) is 1. The standard InChI is InChI=1S/C8H12O4.C7H12N2O2.C7H12N2OS.C7H11NO3.C7H11NO2S.C6H12N2O2S/c1-8(2,3)6-4(9)5(10)7(11)12-6;1-7(2,3)4-5(10)9-6(11)8-4;1-5-8-6(10)11-9(5)7(2,3)4;2*1-7(2,3)4-5(9)8-6(10)11-4;1-6(2,3)4-7-5(9)11(10)8-4/h6,9-10H,1-3H3;10H,1-3H3,(H2,8,9,11);1H2,2-4H3,(H,8,10);2*9H,1-3H3,(H,8,10);4,8H,1-3H3,(H,7,9). The van der Waals surface area contributed by atoms with Gasteiger partial charge in [-0.25, -0.2) is 23.3 Å². The number of aliphatic hydroxyl groups is 2. The Morgan fingerprint density at radius 1 is 0.672 bits per heavy atom. The lowest BCUT2D eigenvalue weighted by atomic mass is 9.88. The molecule has 3 aromatic heterocycles. The number of aromatic nitrogens is 4. The number of cyclic esters (lactones) is 1. The van der Waals surface area contributed by atoms with Crippen LogP contribution in [0.5, 0.6) is 17.6 Å². The van der Waals surface area contributed by atoms with Gasteiger partial charge in [0.2, 0.25) is 23.4 Å². The van der Waals surface area contributed by atoms with Crippen molar-refractivity contribution in [1.82, 2.24) is 39.6 Å². The Morgan fingerprint density at radius 2 is 1.21 bits per heavy atom. The molecule has 6 rings (SSSR count). The molecule has 25 heteroatoms. The Morgan fingerprint density at radius 3 is 1.39 bits per heavy atom. The molecule has 3 unspecified atom stereocenters. The first-order valence-electron chi connectivity index (χ1n) is 20.6. The first-order valence-corrected chi connectivity index (χ1v) is 23.3. The van der Waals surface area contributed by atoms with E-state index in [0.29, 0.717) is 22.2 Å². The van der Waals surface area contributed by atoms with E-state index in [4.69, 9.17) is 19.4 Å². The third-order valence-electron chi connectivity index (χ3n) is 8.57. The number of carbonyl (C=O) groups is 3. The van der Waals surface area contributed by atoms with Gasteiger partial charge in [-0.05, 0) is 26.2 Å². The number of nitrogens with one attached hydrogen (secondary N) is 7. The average Bonchev–Trinajstić information content (AvgIpc) is 3.97. The molecule has 2 fully saturated rings. The van der Waals surface area contributed by atoms with Crippen molar-refractivity contribution < 1.29 is 53.3 Å². The number of aromatic amines is 4. The molecule has 67 heavy (non-hydrogen) atoms. The number of esters is 1. The number of imidazole rings is 1. The summed E-state index contributed by atoms with van der Waals surface area (Å²) in [6.45, 7) is 38.3. The molecule has 2 saturated heterocycles. The Kier molecular flexibility index (Phi) is 19.7. The zero-order valence-electron chi connectivity index (χ0n) is 41.4. The maximum absolute atomic E-state index is 10.9. The monoisotopic (exact) mass is 1010 g/mol. The summed E-state index contributed by atoms with van der Waals surface area (Å²) in [5.74, 6) is -1.78. The number of oxazole rings is 1. The van der Waals surface area contributed by atoms with Gasteiger partial charge in [-0.15, -0.1) is 0 Å². The van der Waals surface area contributed by atoms with E-state index < -0.39 is 45.2 Å². The number of amides is 2. The first kappa shape index (κ1) is 59.6. The van der Waals surface area contributed by atoms with Gasteiger partial charge in [0, 0.05) is 27.2 Å². The number of nitrogens with zero attached hydrogens (tertiary/aromatic N) is 1. The molecule has 0 spiro atoms. The number of aromatic hydroxyl groups is 3. The lowest BCUT2D eigenvalue weighted by molar-refractivity contribution is -0.146. The number of carbonyl (C=O) groups excluding carboxylic acids is 3. The molecule has 0 aromatic carbocycles. The molecule has 3 atom stereocenters. The van der Waals surface area contributed by atoms with Crippen LogP contribution in [0.1, 0.15) is 141 Å². The van der Waals surface area contributed by atoms with E-state index in [0.717, 1.165) is 23.3 Å². The van der Waals surface area contributed by atoms with Crippen LogP contribution >= 0.6 is 23.3 Å². The van der Waals surface area contributed by atoms with Crippen LogP contribution < -0.4 is 31.7 Å². The van der Waals surface area contributed by atoms with E-state index in [1.165, 1.54) is 0 Å². The van der Waals surface area contributed by atoms with Gasteiger partial charge in [-0.2, -0.15) is 0 Å². The van der Waals surface area contributed by atoms with Crippen LogP contribution in [0.4, 0.5) is 9.59 Å². The van der Waals surface area contributed by atoms with Gasteiger partial charge in [-0.1, -0.05) is 122 Å². The maximum Gasteiger partial charge on any atom is 0.419 e. The third kappa shape index (κ3) is 18.3. The zero-order valence-corrected chi connectivity index (χ0v) is 43.9. The van der Waals surface area contributed by atoms with Gasteiger partial charge in [0.05, 0.1) is 28.7 Å². The van der Waals surface area contributed by atoms with Gasteiger partial charge < -0.3 is 50.3 Å². The van der Waals surface area contributed by atoms with Gasteiger partial charge in [0.15, 0.2) is 28.6 Å². The summed E-state index contributed by atoms with van der Waals surface area (Å²) < 4.78 is 24.8. The molecule has 3 aliphatic rings. The van der Waals surface area contributed by atoms with Crippen molar-refractivity contribution in [2.45, 2.75) is 159 Å². The highest BCUT2D eigenvalue weighted by atomic mass is 32.2. The highest BCUT2D eigenvalue weighted by Crippen LogP contribution is 2.34. The molecule has 0 bridgehead atoms. The minimum atomic E-state index is -1.54. The van der Waals surface area contributed by atoms with Gasteiger partial charge >= 0.3 is 32.8 Å². The summed E-state index contributed by atoms with van der Waals surface area (Å²) in [6.07, 6.45) is -0.916. The lowest BCUT2D eigenvalue weighted by Crippen LogP contribution is -2.43. The zero-order chi connectivity index (χ0) is 52.7. The fourth-order valence-electron chi connectivity index (χ4n) is 5.23. The van der Waals surface area contributed by atoms with Crippen LogP contribution in [0, 0.1) is 10.8 Å². The Balaban J connectivity index is 0.000000402. The van der Waals surface area contributed by atoms with Gasteiger partial charge in [-0.3, -0.25) is 33.6 Å². The van der Waals surface area contributed by atoms with E-state index >= 15 is 0 Å². The van der Waals surface area contributed by atoms with Gasteiger partial charge in [0.25, 0.3) is 0 Å². The summed E-state index contributed by atoms with van der Waals surface area (Å²) in [5, 5.41) is 50.5. The van der Waals surface area contributed by atoms with Crippen molar-refractivity contribution in [1.29, 1.82) is 0 Å². The van der Waals surface area contributed by atoms with Crippen molar-refractivity contribution >= 4 is 50.7 Å². The summed E-state index contributed by atoms with van der Waals surface area (Å²) in [6, 6.07) is 0. The van der Waals surface area contributed by atoms with Gasteiger partial charge in [0.1, 0.15) is 5.82 Å². The second-order valence-corrected chi connectivity index (χ2v) is 24.4. The molecule has 0 saturated carbocycles. The van der Waals surface area contributed by atoms with Crippen LogP contribution in [0.3, 0.4) is 0 Å². The first-order chi connectivity index (χ1) is 29.9. The molecule has 12 N–H and O–H groups in total. The number of hydrogen-bond acceptors (Lipinski definition) is 17. The Labute approximate surface area is 400 Å². The molecule has 3 aromatic rings. The van der Waals surface area contributed by atoms with Crippen LogP contribution in [-0.4, -0.2) is 88.2 Å². The van der Waals surface area contributed by atoms with E-state index in [1.54, 1.807) is 20.8 Å². The fourth-order valence-corrected chi connectivity index (χ4v) is 7.74. The van der Waals surface area contributed by atoms with Crippen LogP contribution in [0.2, 0.25) is 0 Å². The van der Waals surface area contributed by atoms with E-state index in [9.17, 15) is 48.3 Å². The number of thiazole rings is 1. The van der Waals surface area contributed by atoms with Crippen molar-refractivity contribution in [2.75, 3.05) is 0 Å². The van der Waals surface area contributed by atoms with Crippen LogP contribution in [0.25, 0.3) is 0 Å². The molecule has 0 radical (unpaired) electrons. The van der Waals surface area contributed by atoms with Crippen LogP contribution in [-0.2, 0) is 36.8 Å². The van der Waals surface area contributed by atoms with Crippen LogP contribution in [0.15, 0.2) is 42.7 Å². The summed E-state index contributed by atoms with van der Waals surface area (Å²) >= 11 is 2.22. The maximum atomic E-state index is 10.9. The normalized spacial score (nSPS) is 18.7. The fraction of sp³-hybridized carbons (Fsp3) is 0.619. The Bertz CT molecular complexity index is 2280. The SMILES string of the molecule is C=C1NC(=O)SN1C(C)(C)C.CC(C)(C)C1NC(=O)S(=O)N1.CC(C)(C)C1OC(=O)C(O)=C1O.CC(C)(C)c1[nH]c(=O)[nH]c1O.CC(C)(C)c1oc(=O)[nH]c1O.CC(C)(C)c1sc(=O)[nH]c1O. The van der Waals surface area contributed by atoms with E-state index in [1.807, 2.05) is 108 Å². The molecule has 380 valence electrons. The number of H-pyrrole nitrogens is 4. The lowest BCUT2D eigenvalue weighted by Gasteiger charge is -2.30. The summed E-state index contributed by atoms with van der Waals surface area (Å²) in [5.41, 5.74) is -1.11. The minimum Gasteiger partial charge on any atom is -0.505 e. The highest BCUT2D eigenvalue weighted by molar-refractivity contribution is 8.12. The largest absolute Gasteiger partial charge is 0.505 e. The second kappa shape index (κ2) is 22.1. The predicted octanol–water partition coefficient (Wildman–Crippen LogP) is 6.67. The number of aliphatic hydroxyl groups excluding tert-OH is 2. The molecular weight excluding hydrogens is 937 g/mol. The number of hydrogen-bond donors (Lipinski definition) is 12. The molecular formula is C42H70N8O14S3. The van der Waals surface area contributed by atoms with Crippen molar-refractivity contribution in [3.05, 3.63) is 71.0 Å². The van der Waals surface area contributed by atoms with Crippen molar-refractivity contribution in [2.24, 2.45) is 10.8 Å². The minimum absolute atomic E-state index is 0.00694. The van der Waals surface area contributed by atoms with Crippen molar-refractivity contribution in [3.8, 4) is 17.6 Å². The predicted molar refractivity (Wildman–Crippen MR) is 258 cm³/mol. The summed E-state index contributed by atoms with van der Waals surface area (Å²) in [7, 11) is -1.54.